The highest BCUT2D eigenvalue weighted by molar-refractivity contribution is 6.01. The van der Waals surface area contributed by atoms with E-state index in [0.29, 0.717) is 6.42 Å². The zero-order chi connectivity index (χ0) is 15.5. The van der Waals surface area contributed by atoms with Crippen LogP contribution in [0.4, 0.5) is 5.69 Å². The third-order valence-corrected chi connectivity index (χ3v) is 4.82. The van der Waals surface area contributed by atoms with Crippen molar-refractivity contribution in [2.24, 2.45) is 0 Å². The van der Waals surface area contributed by atoms with Gasteiger partial charge < -0.3 is 5.32 Å². The molecule has 1 aliphatic carbocycles. The molecule has 0 bridgehead atoms. The minimum Gasteiger partial charge on any atom is -0.352 e. The second-order valence-electron chi connectivity index (χ2n) is 6.41. The topological polar surface area (TPSA) is 49.4 Å². The number of carbonyl (C=O) groups excluding carboxylic acids is 2. The van der Waals surface area contributed by atoms with Crippen LogP contribution in [0.2, 0.25) is 0 Å². The molecule has 118 valence electrons. The van der Waals surface area contributed by atoms with E-state index >= 15 is 0 Å². The lowest BCUT2D eigenvalue weighted by Gasteiger charge is -2.29. The quantitative estimate of drug-likeness (QED) is 0.933. The van der Waals surface area contributed by atoms with E-state index in [1.165, 1.54) is 12.8 Å². The number of para-hydroxylation sites is 1. The van der Waals surface area contributed by atoms with Gasteiger partial charge in [0.1, 0.15) is 6.04 Å². The monoisotopic (exact) mass is 300 g/mol. The summed E-state index contributed by atoms with van der Waals surface area (Å²) in [6, 6.07) is 7.78. The fourth-order valence-corrected chi connectivity index (χ4v) is 3.58. The molecule has 3 rings (SSSR count). The molecule has 1 aliphatic heterocycles. The lowest BCUT2D eigenvalue weighted by molar-refractivity contribution is -0.126. The van der Waals surface area contributed by atoms with Gasteiger partial charge in [-0.2, -0.15) is 0 Å². The third kappa shape index (κ3) is 3.01. The Balaban J connectivity index is 1.81. The maximum Gasteiger partial charge on any atom is 0.243 e. The van der Waals surface area contributed by atoms with E-state index in [4.69, 9.17) is 0 Å². The Kier molecular flexibility index (Phi) is 4.46. The summed E-state index contributed by atoms with van der Waals surface area (Å²) >= 11 is 0. The summed E-state index contributed by atoms with van der Waals surface area (Å²) in [4.78, 5) is 26.8. The first-order chi connectivity index (χ1) is 10.7. The van der Waals surface area contributed by atoms with E-state index in [9.17, 15) is 9.59 Å². The first kappa shape index (κ1) is 15.1. The number of hydrogen-bond acceptors (Lipinski definition) is 2. The SMILES string of the molecule is CC(C(=O)NC1CCCC1)N1C(=O)CCCc2ccccc21. The lowest BCUT2D eigenvalue weighted by atomic mass is 10.1. The van der Waals surface area contributed by atoms with Crippen molar-refractivity contribution < 1.29 is 9.59 Å². The average Bonchev–Trinajstić information content (AvgIpc) is 2.95. The van der Waals surface area contributed by atoms with Crippen molar-refractivity contribution in [3.63, 3.8) is 0 Å². The summed E-state index contributed by atoms with van der Waals surface area (Å²) in [7, 11) is 0. The maximum atomic E-state index is 12.6. The highest BCUT2D eigenvalue weighted by Crippen LogP contribution is 2.28. The third-order valence-electron chi connectivity index (χ3n) is 4.82. The number of aryl methyl sites for hydroxylation is 1. The van der Waals surface area contributed by atoms with E-state index in [0.717, 1.165) is 36.9 Å². The smallest absolute Gasteiger partial charge is 0.243 e. The number of fused-ring (bicyclic) bond motifs is 1. The molecule has 0 spiro atoms. The summed E-state index contributed by atoms with van der Waals surface area (Å²) < 4.78 is 0. The number of rotatable bonds is 3. The van der Waals surface area contributed by atoms with E-state index in [2.05, 4.69) is 11.4 Å². The average molecular weight is 300 g/mol. The Labute approximate surface area is 131 Å². The number of benzene rings is 1. The highest BCUT2D eigenvalue weighted by Gasteiger charge is 2.31. The highest BCUT2D eigenvalue weighted by atomic mass is 16.2. The van der Waals surface area contributed by atoms with Crippen molar-refractivity contribution in [1.29, 1.82) is 0 Å². The molecule has 1 atom stereocenters. The molecule has 0 saturated heterocycles. The standard InChI is InChI=1S/C18H24N2O2/c1-13(18(22)19-15-9-3-4-10-15)20-16-11-5-2-7-14(16)8-6-12-17(20)21/h2,5,7,11,13,15H,3-4,6,8-10,12H2,1H3,(H,19,22). The van der Waals surface area contributed by atoms with E-state index in [-0.39, 0.29) is 17.9 Å². The van der Waals surface area contributed by atoms with Gasteiger partial charge in [-0.3, -0.25) is 14.5 Å². The van der Waals surface area contributed by atoms with Gasteiger partial charge in [-0.15, -0.1) is 0 Å². The molecule has 22 heavy (non-hydrogen) atoms. The number of anilines is 1. The van der Waals surface area contributed by atoms with Crippen LogP contribution in [0.5, 0.6) is 0 Å². The van der Waals surface area contributed by atoms with Crippen LogP contribution in [0.25, 0.3) is 0 Å². The Bertz CT molecular complexity index is 564. The van der Waals surface area contributed by atoms with Crippen LogP contribution >= 0.6 is 0 Å². The Morgan fingerprint density at radius 3 is 2.68 bits per heavy atom. The van der Waals surface area contributed by atoms with Crippen LogP contribution in [0, 0.1) is 0 Å². The molecule has 4 heteroatoms. The van der Waals surface area contributed by atoms with Crippen LogP contribution in [0.1, 0.15) is 51.0 Å². The molecular weight excluding hydrogens is 276 g/mol. The Morgan fingerprint density at radius 1 is 1.18 bits per heavy atom. The van der Waals surface area contributed by atoms with Gasteiger partial charge in [0.05, 0.1) is 0 Å². The molecule has 2 aliphatic rings. The van der Waals surface area contributed by atoms with Crippen LogP contribution in [0.15, 0.2) is 24.3 Å². The number of hydrogen-bond donors (Lipinski definition) is 1. The van der Waals surface area contributed by atoms with Gasteiger partial charge in [-0.1, -0.05) is 31.0 Å². The second kappa shape index (κ2) is 6.51. The predicted molar refractivity (Wildman–Crippen MR) is 86.7 cm³/mol. The van der Waals surface area contributed by atoms with Gasteiger partial charge in [0, 0.05) is 18.2 Å². The minimum absolute atomic E-state index is 0.0306. The molecule has 1 N–H and O–H groups in total. The van der Waals surface area contributed by atoms with Crippen molar-refractivity contribution in [3.8, 4) is 0 Å². The second-order valence-corrected chi connectivity index (χ2v) is 6.41. The van der Waals surface area contributed by atoms with E-state index in [1.54, 1.807) is 4.90 Å². The van der Waals surface area contributed by atoms with Crippen molar-refractivity contribution in [2.45, 2.75) is 64.0 Å². The molecule has 1 heterocycles. The Hall–Kier alpha value is -1.84. The first-order valence-corrected chi connectivity index (χ1v) is 8.37. The normalized spacial score (nSPS) is 20.4. The molecule has 1 fully saturated rings. The largest absolute Gasteiger partial charge is 0.352 e. The van der Waals surface area contributed by atoms with Gasteiger partial charge in [-0.25, -0.2) is 0 Å². The number of carbonyl (C=O) groups is 2. The van der Waals surface area contributed by atoms with Crippen molar-refractivity contribution in [3.05, 3.63) is 29.8 Å². The summed E-state index contributed by atoms with van der Waals surface area (Å²) in [5.41, 5.74) is 2.06. The van der Waals surface area contributed by atoms with Crippen molar-refractivity contribution >= 4 is 17.5 Å². The first-order valence-electron chi connectivity index (χ1n) is 8.37. The van der Waals surface area contributed by atoms with Gasteiger partial charge in [-0.05, 0) is 44.2 Å². The van der Waals surface area contributed by atoms with Crippen LogP contribution in [-0.2, 0) is 16.0 Å². The maximum absolute atomic E-state index is 12.6. The predicted octanol–water partition coefficient (Wildman–Crippen LogP) is 2.80. The molecule has 2 amide bonds. The van der Waals surface area contributed by atoms with Crippen LogP contribution in [-0.4, -0.2) is 23.9 Å². The Morgan fingerprint density at radius 2 is 1.91 bits per heavy atom. The lowest BCUT2D eigenvalue weighted by Crippen LogP contribution is -2.50. The number of nitrogens with zero attached hydrogens (tertiary/aromatic N) is 1. The zero-order valence-electron chi connectivity index (χ0n) is 13.2. The van der Waals surface area contributed by atoms with Gasteiger partial charge in [0.15, 0.2) is 0 Å². The number of amides is 2. The fourth-order valence-electron chi connectivity index (χ4n) is 3.58. The van der Waals surface area contributed by atoms with Crippen molar-refractivity contribution in [1.82, 2.24) is 5.32 Å². The molecule has 1 saturated carbocycles. The molecule has 1 aromatic carbocycles. The van der Waals surface area contributed by atoms with Gasteiger partial charge in [0.2, 0.25) is 11.8 Å². The summed E-state index contributed by atoms with van der Waals surface area (Å²) in [5, 5.41) is 3.11. The molecule has 0 aromatic heterocycles. The molecular formula is C18H24N2O2. The van der Waals surface area contributed by atoms with E-state index in [1.807, 2.05) is 25.1 Å². The summed E-state index contributed by atoms with van der Waals surface area (Å²) in [6.45, 7) is 1.84. The van der Waals surface area contributed by atoms with Crippen LogP contribution in [0.3, 0.4) is 0 Å². The number of nitrogens with one attached hydrogen (secondary N) is 1. The zero-order valence-corrected chi connectivity index (χ0v) is 13.2. The van der Waals surface area contributed by atoms with E-state index < -0.39 is 6.04 Å². The molecule has 0 radical (unpaired) electrons. The molecule has 1 unspecified atom stereocenters. The molecule has 1 aromatic rings. The van der Waals surface area contributed by atoms with Crippen LogP contribution < -0.4 is 10.2 Å². The van der Waals surface area contributed by atoms with Crippen molar-refractivity contribution in [2.75, 3.05) is 4.90 Å². The fraction of sp³-hybridized carbons (Fsp3) is 0.556. The molecule has 4 nitrogen and oxygen atoms in total. The summed E-state index contributed by atoms with van der Waals surface area (Å²) in [5.74, 6) is 0.0241. The minimum atomic E-state index is -0.452. The summed E-state index contributed by atoms with van der Waals surface area (Å²) in [6.07, 6.45) is 6.75. The van der Waals surface area contributed by atoms with Gasteiger partial charge in [0.25, 0.3) is 0 Å². The van der Waals surface area contributed by atoms with Gasteiger partial charge >= 0.3 is 0 Å².